The maximum absolute atomic E-state index is 5.89. The van der Waals surface area contributed by atoms with Crippen LogP contribution in [0, 0.1) is 5.92 Å². The summed E-state index contributed by atoms with van der Waals surface area (Å²) in [5.74, 6) is 1.32. The van der Waals surface area contributed by atoms with Crippen molar-refractivity contribution in [2.24, 2.45) is 5.92 Å². The average Bonchev–Trinajstić information content (AvgIpc) is 3.30. The molecule has 1 nitrogen and oxygen atoms in total. The lowest BCUT2D eigenvalue weighted by Gasteiger charge is -2.37. The Balaban J connectivity index is 1.33. The van der Waals surface area contributed by atoms with E-state index in [1.165, 1.54) is 67.2 Å². The third-order valence-corrected chi connectivity index (χ3v) is 8.90. The van der Waals surface area contributed by atoms with Crippen molar-refractivity contribution in [3.05, 3.63) is 119 Å². The molecule has 0 bridgehead atoms. The van der Waals surface area contributed by atoms with Crippen LogP contribution < -0.4 is 0 Å². The van der Waals surface area contributed by atoms with Gasteiger partial charge < -0.3 is 4.74 Å². The third kappa shape index (κ3) is 5.46. The van der Waals surface area contributed by atoms with Crippen LogP contribution in [0.3, 0.4) is 0 Å². The van der Waals surface area contributed by atoms with E-state index in [1.807, 2.05) is 0 Å². The minimum Gasteiger partial charge on any atom is -0.489 e. The van der Waals surface area contributed by atoms with E-state index in [0.29, 0.717) is 17.9 Å². The van der Waals surface area contributed by atoms with Gasteiger partial charge in [0.2, 0.25) is 0 Å². The molecule has 4 aliphatic rings. The maximum atomic E-state index is 5.89. The SMILES string of the molecule is C=C1OC/C2=C(C3=CC=CCC3)/C=C/CC(CCc3cccc(C4(CC)CCCCC4)c3)/C=C/C=C/12. The number of benzene rings is 1. The Labute approximate surface area is 218 Å². The summed E-state index contributed by atoms with van der Waals surface area (Å²) in [5.41, 5.74) is 8.69. The van der Waals surface area contributed by atoms with Gasteiger partial charge in [-0.05, 0) is 85.0 Å². The van der Waals surface area contributed by atoms with Gasteiger partial charge >= 0.3 is 0 Å². The van der Waals surface area contributed by atoms with Gasteiger partial charge in [-0.15, -0.1) is 0 Å². The molecule has 0 N–H and O–H groups in total. The average molecular weight is 479 g/mol. The first-order valence-electron chi connectivity index (χ1n) is 14.2. The fraction of sp³-hybridized carbons (Fsp3) is 0.429. The number of hydrogen-bond acceptors (Lipinski definition) is 1. The standard InChI is InChI=1S/C35H42O/c1-3-35(23-8-5-9-24-35)31-18-10-15-29(25-31)22-21-28-13-11-19-32-27(2)36-26-34(32)33(20-12-14-28)30-16-6-4-7-17-30/h4,6,10-13,15-16,18-20,25,28H,2-3,5,7-9,14,17,21-24,26H2,1H3/b13-11+,20-12+,32-19-,34-33+. The van der Waals surface area contributed by atoms with E-state index in [2.05, 4.69) is 86.4 Å². The highest BCUT2D eigenvalue weighted by Crippen LogP contribution is 2.42. The van der Waals surface area contributed by atoms with Crippen molar-refractivity contribution in [2.45, 2.75) is 83.0 Å². The first-order valence-corrected chi connectivity index (χ1v) is 14.2. The lowest BCUT2D eigenvalue weighted by Crippen LogP contribution is -2.28. The molecule has 1 heteroatoms. The summed E-state index contributed by atoms with van der Waals surface area (Å²) in [5, 5.41) is 0. The van der Waals surface area contributed by atoms with Crippen molar-refractivity contribution in [2.75, 3.05) is 6.61 Å². The molecule has 0 amide bonds. The van der Waals surface area contributed by atoms with E-state index in [1.54, 1.807) is 5.56 Å². The fourth-order valence-corrected chi connectivity index (χ4v) is 6.57. The van der Waals surface area contributed by atoms with Gasteiger partial charge in [-0.25, -0.2) is 0 Å². The Hall–Kier alpha value is -2.80. The van der Waals surface area contributed by atoms with E-state index in [4.69, 9.17) is 4.74 Å². The van der Waals surface area contributed by atoms with E-state index >= 15 is 0 Å². The molecule has 1 aromatic rings. The van der Waals surface area contributed by atoms with E-state index in [9.17, 15) is 0 Å². The molecule has 2 fully saturated rings. The van der Waals surface area contributed by atoms with Crippen LogP contribution in [-0.2, 0) is 16.6 Å². The molecule has 0 spiro atoms. The number of hydrogen-bond donors (Lipinski definition) is 0. The highest BCUT2D eigenvalue weighted by atomic mass is 16.5. The molecule has 1 aliphatic heterocycles. The summed E-state index contributed by atoms with van der Waals surface area (Å²) in [6, 6.07) is 9.58. The van der Waals surface area contributed by atoms with Gasteiger partial charge in [0.25, 0.3) is 0 Å². The molecule has 188 valence electrons. The molecular weight excluding hydrogens is 436 g/mol. The summed E-state index contributed by atoms with van der Waals surface area (Å²) in [6.07, 6.45) is 32.1. The second kappa shape index (κ2) is 11.5. The largest absolute Gasteiger partial charge is 0.489 e. The molecule has 1 aromatic carbocycles. The third-order valence-electron chi connectivity index (χ3n) is 8.90. The molecule has 0 aromatic heterocycles. The number of allylic oxidation sites excluding steroid dienone is 11. The van der Waals surface area contributed by atoms with Crippen LogP contribution in [0.1, 0.15) is 82.3 Å². The summed E-state index contributed by atoms with van der Waals surface area (Å²) in [4.78, 5) is 0. The molecule has 3 aliphatic carbocycles. The van der Waals surface area contributed by atoms with Crippen molar-refractivity contribution in [3.8, 4) is 0 Å². The Morgan fingerprint density at radius 3 is 2.75 bits per heavy atom. The predicted molar refractivity (Wildman–Crippen MR) is 153 cm³/mol. The van der Waals surface area contributed by atoms with Crippen molar-refractivity contribution in [3.63, 3.8) is 0 Å². The van der Waals surface area contributed by atoms with Crippen LogP contribution in [0.15, 0.2) is 108 Å². The van der Waals surface area contributed by atoms with Gasteiger partial charge in [0.15, 0.2) is 0 Å². The summed E-state index contributed by atoms with van der Waals surface area (Å²) < 4.78 is 5.89. The Bertz CT molecular complexity index is 1140. The molecule has 1 atom stereocenters. The van der Waals surface area contributed by atoms with Crippen LogP contribution in [0.25, 0.3) is 0 Å². The van der Waals surface area contributed by atoms with Crippen LogP contribution in [0.4, 0.5) is 0 Å². The highest BCUT2D eigenvalue weighted by Gasteiger charge is 2.32. The predicted octanol–water partition coefficient (Wildman–Crippen LogP) is 9.41. The molecule has 1 saturated carbocycles. The van der Waals surface area contributed by atoms with Gasteiger partial charge in [0.05, 0.1) is 0 Å². The fourth-order valence-electron chi connectivity index (χ4n) is 6.57. The van der Waals surface area contributed by atoms with Gasteiger partial charge in [0, 0.05) is 11.1 Å². The molecule has 1 heterocycles. The zero-order chi connectivity index (χ0) is 24.8. The van der Waals surface area contributed by atoms with Gasteiger partial charge in [-0.1, -0.05) is 106 Å². The van der Waals surface area contributed by atoms with E-state index in [0.717, 1.165) is 37.0 Å². The number of aryl methyl sites for hydroxylation is 1. The molecular formula is C35H42O. The van der Waals surface area contributed by atoms with Crippen LogP contribution in [0.5, 0.6) is 0 Å². The number of rotatable bonds is 6. The Morgan fingerprint density at radius 2 is 1.94 bits per heavy atom. The highest BCUT2D eigenvalue weighted by molar-refractivity contribution is 5.59. The smallest absolute Gasteiger partial charge is 0.120 e. The van der Waals surface area contributed by atoms with Crippen molar-refractivity contribution < 1.29 is 4.74 Å². The quantitative estimate of drug-likeness (QED) is 0.396. The van der Waals surface area contributed by atoms with Crippen molar-refractivity contribution in [1.29, 1.82) is 0 Å². The van der Waals surface area contributed by atoms with Crippen LogP contribution in [-0.4, -0.2) is 6.61 Å². The van der Waals surface area contributed by atoms with E-state index < -0.39 is 0 Å². The summed E-state index contributed by atoms with van der Waals surface area (Å²) in [7, 11) is 0. The molecule has 5 rings (SSSR count). The minimum atomic E-state index is 0.411. The second-order valence-corrected chi connectivity index (χ2v) is 11.1. The summed E-state index contributed by atoms with van der Waals surface area (Å²) >= 11 is 0. The second-order valence-electron chi connectivity index (χ2n) is 11.1. The summed E-state index contributed by atoms with van der Waals surface area (Å²) in [6.45, 7) is 7.20. The van der Waals surface area contributed by atoms with E-state index in [-0.39, 0.29) is 0 Å². The zero-order valence-electron chi connectivity index (χ0n) is 22.1. The van der Waals surface area contributed by atoms with Gasteiger partial charge in [-0.2, -0.15) is 0 Å². The normalized spacial score (nSPS) is 28.9. The van der Waals surface area contributed by atoms with Crippen LogP contribution in [0.2, 0.25) is 0 Å². The maximum Gasteiger partial charge on any atom is 0.120 e. The minimum absolute atomic E-state index is 0.411. The zero-order valence-corrected chi connectivity index (χ0v) is 22.1. The molecule has 0 radical (unpaired) electrons. The van der Waals surface area contributed by atoms with Gasteiger partial charge in [0.1, 0.15) is 12.4 Å². The van der Waals surface area contributed by atoms with Gasteiger partial charge in [-0.3, -0.25) is 0 Å². The Morgan fingerprint density at radius 1 is 1.06 bits per heavy atom. The first-order chi connectivity index (χ1) is 17.7. The molecule has 1 unspecified atom stereocenters. The van der Waals surface area contributed by atoms with Crippen LogP contribution >= 0.6 is 0 Å². The van der Waals surface area contributed by atoms with Crippen molar-refractivity contribution in [1.82, 2.24) is 0 Å². The number of ether oxygens (including phenoxy) is 1. The van der Waals surface area contributed by atoms with Crippen molar-refractivity contribution >= 4 is 0 Å². The topological polar surface area (TPSA) is 9.23 Å². The monoisotopic (exact) mass is 478 g/mol. The Kier molecular flexibility index (Phi) is 7.95. The molecule has 1 saturated heterocycles. The first kappa shape index (κ1) is 24.9. The molecule has 36 heavy (non-hydrogen) atoms. The number of fused-ring (bicyclic) bond motifs is 1. The lowest BCUT2D eigenvalue weighted by atomic mass is 9.67. The lowest BCUT2D eigenvalue weighted by molar-refractivity contribution is 0.281.